The summed E-state index contributed by atoms with van der Waals surface area (Å²) < 4.78 is 2.55. The lowest BCUT2D eigenvalue weighted by Crippen LogP contribution is -2.02. The van der Waals surface area contributed by atoms with Crippen LogP contribution in [0.3, 0.4) is 0 Å². The van der Waals surface area contributed by atoms with Gasteiger partial charge in [-0.3, -0.25) is 0 Å². The number of benzene rings is 1. The first kappa shape index (κ1) is 9.19. The molecule has 0 radical (unpaired) electrons. The molecule has 1 nitrogen and oxygen atoms in total. The fourth-order valence-corrected chi connectivity index (χ4v) is 3.16. The minimum absolute atomic E-state index is 0.717. The maximum atomic E-state index is 5.55. The highest BCUT2D eigenvalue weighted by Crippen LogP contribution is 2.32. The molecule has 3 heteroatoms. The van der Waals surface area contributed by atoms with Crippen LogP contribution in [0.5, 0.6) is 0 Å². The van der Waals surface area contributed by atoms with Crippen molar-refractivity contribution < 1.29 is 0 Å². The number of thiophene rings is 1. The fraction of sp³-hybridized carbons (Fsp3) is 0.200. The third kappa shape index (κ3) is 1.64. The molecular formula is C10H10BrNS. The normalized spacial score (nSPS) is 10.9. The molecule has 0 aliphatic carbocycles. The van der Waals surface area contributed by atoms with Gasteiger partial charge >= 0.3 is 0 Å². The fourth-order valence-electron chi connectivity index (χ4n) is 1.44. The molecule has 0 unspecified atom stereocenters. The number of halogens is 1. The first-order valence-corrected chi connectivity index (χ1v) is 5.85. The molecule has 2 N–H and O–H groups in total. The van der Waals surface area contributed by atoms with Crippen LogP contribution >= 0.6 is 27.3 Å². The molecule has 0 fully saturated rings. The second-order valence-electron chi connectivity index (χ2n) is 2.92. The van der Waals surface area contributed by atoms with E-state index in [1.807, 2.05) is 0 Å². The Hall–Kier alpha value is -0.380. The zero-order chi connectivity index (χ0) is 9.26. The minimum atomic E-state index is 0.717. The largest absolute Gasteiger partial charge is 0.330 e. The molecule has 1 heterocycles. The SMILES string of the molecule is NCCc1cccc2c(Br)csc12. The van der Waals surface area contributed by atoms with Gasteiger partial charge in [0.05, 0.1) is 0 Å². The zero-order valence-corrected chi connectivity index (χ0v) is 9.49. The molecule has 1 aromatic carbocycles. The molecule has 1 aromatic heterocycles. The Kier molecular flexibility index (Phi) is 2.67. The van der Waals surface area contributed by atoms with E-state index in [9.17, 15) is 0 Å². The summed E-state index contributed by atoms with van der Waals surface area (Å²) in [5.41, 5.74) is 6.91. The van der Waals surface area contributed by atoms with Crippen LogP contribution in [0.1, 0.15) is 5.56 Å². The Morgan fingerprint density at radius 1 is 1.38 bits per heavy atom. The third-order valence-electron chi connectivity index (χ3n) is 2.05. The Balaban J connectivity index is 2.63. The van der Waals surface area contributed by atoms with E-state index in [1.54, 1.807) is 11.3 Å². The van der Waals surface area contributed by atoms with Gasteiger partial charge in [-0.2, -0.15) is 0 Å². The van der Waals surface area contributed by atoms with Gasteiger partial charge in [0, 0.05) is 19.9 Å². The summed E-state index contributed by atoms with van der Waals surface area (Å²) in [6.07, 6.45) is 0.963. The summed E-state index contributed by atoms with van der Waals surface area (Å²) in [5, 5.41) is 3.43. The van der Waals surface area contributed by atoms with Gasteiger partial charge in [-0.05, 0) is 34.5 Å². The van der Waals surface area contributed by atoms with Crippen LogP contribution in [-0.4, -0.2) is 6.54 Å². The molecule has 0 amide bonds. The van der Waals surface area contributed by atoms with Gasteiger partial charge in [0.15, 0.2) is 0 Å². The molecule has 0 saturated heterocycles. The van der Waals surface area contributed by atoms with E-state index in [2.05, 4.69) is 39.5 Å². The van der Waals surface area contributed by atoms with Crippen molar-refractivity contribution in [3.8, 4) is 0 Å². The van der Waals surface area contributed by atoms with Crippen molar-refractivity contribution in [2.75, 3.05) is 6.54 Å². The Labute approximate surface area is 89.7 Å². The molecule has 2 aromatic rings. The van der Waals surface area contributed by atoms with E-state index >= 15 is 0 Å². The molecule has 0 bridgehead atoms. The second-order valence-corrected chi connectivity index (χ2v) is 4.65. The number of hydrogen-bond donors (Lipinski definition) is 1. The molecule has 0 spiro atoms. The lowest BCUT2D eigenvalue weighted by Gasteiger charge is -1.99. The molecule has 68 valence electrons. The third-order valence-corrected chi connectivity index (χ3v) is 4.08. The van der Waals surface area contributed by atoms with Crippen LogP contribution in [-0.2, 0) is 6.42 Å². The van der Waals surface area contributed by atoms with Gasteiger partial charge in [-0.1, -0.05) is 18.2 Å². The van der Waals surface area contributed by atoms with Crippen molar-refractivity contribution in [1.29, 1.82) is 0 Å². The van der Waals surface area contributed by atoms with E-state index in [-0.39, 0.29) is 0 Å². The summed E-state index contributed by atoms with van der Waals surface area (Å²) in [4.78, 5) is 0. The highest BCUT2D eigenvalue weighted by atomic mass is 79.9. The van der Waals surface area contributed by atoms with Gasteiger partial charge in [0.25, 0.3) is 0 Å². The monoisotopic (exact) mass is 255 g/mol. The highest BCUT2D eigenvalue weighted by molar-refractivity contribution is 9.10. The van der Waals surface area contributed by atoms with Gasteiger partial charge in [-0.15, -0.1) is 11.3 Å². The molecule has 0 atom stereocenters. The van der Waals surface area contributed by atoms with Crippen molar-refractivity contribution in [2.45, 2.75) is 6.42 Å². The van der Waals surface area contributed by atoms with Crippen molar-refractivity contribution in [1.82, 2.24) is 0 Å². The summed E-state index contributed by atoms with van der Waals surface area (Å²) in [6, 6.07) is 6.37. The maximum Gasteiger partial charge on any atom is 0.0386 e. The number of nitrogens with two attached hydrogens (primary N) is 1. The van der Waals surface area contributed by atoms with Crippen LogP contribution in [0, 0.1) is 0 Å². The minimum Gasteiger partial charge on any atom is -0.330 e. The predicted molar refractivity (Wildman–Crippen MR) is 62.3 cm³/mol. The van der Waals surface area contributed by atoms with Crippen molar-refractivity contribution in [3.05, 3.63) is 33.6 Å². The van der Waals surface area contributed by atoms with E-state index < -0.39 is 0 Å². The standard InChI is InChI=1S/C10H10BrNS/c11-9-6-13-10-7(4-5-12)2-1-3-8(9)10/h1-3,6H,4-5,12H2. The van der Waals surface area contributed by atoms with Gasteiger partial charge in [0.2, 0.25) is 0 Å². The van der Waals surface area contributed by atoms with Crippen LogP contribution in [0.15, 0.2) is 28.1 Å². The molecule has 13 heavy (non-hydrogen) atoms. The average Bonchev–Trinajstić information content (AvgIpc) is 2.50. The number of fused-ring (bicyclic) bond motifs is 1. The summed E-state index contributed by atoms with van der Waals surface area (Å²) in [5.74, 6) is 0. The van der Waals surface area contributed by atoms with Crippen LogP contribution in [0.4, 0.5) is 0 Å². The highest BCUT2D eigenvalue weighted by Gasteiger charge is 2.04. The summed E-state index contributed by atoms with van der Waals surface area (Å²) >= 11 is 5.31. The Morgan fingerprint density at radius 2 is 2.23 bits per heavy atom. The maximum absolute atomic E-state index is 5.55. The van der Waals surface area contributed by atoms with E-state index in [0.717, 1.165) is 6.42 Å². The van der Waals surface area contributed by atoms with Crippen molar-refractivity contribution >= 4 is 37.4 Å². The quantitative estimate of drug-likeness (QED) is 0.877. The first-order valence-electron chi connectivity index (χ1n) is 4.17. The first-order chi connectivity index (χ1) is 6.33. The van der Waals surface area contributed by atoms with Crippen LogP contribution in [0.2, 0.25) is 0 Å². The number of rotatable bonds is 2. The lowest BCUT2D eigenvalue weighted by molar-refractivity contribution is 0.979. The van der Waals surface area contributed by atoms with Crippen LogP contribution in [0.25, 0.3) is 10.1 Å². The number of hydrogen-bond acceptors (Lipinski definition) is 2. The molecule has 0 aliphatic heterocycles. The molecular weight excluding hydrogens is 246 g/mol. The molecule has 2 rings (SSSR count). The Morgan fingerprint density at radius 3 is 3.00 bits per heavy atom. The van der Waals surface area contributed by atoms with Gasteiger partial charge in [0.1, 0.15) is 0 Å². The van der Waals surface area contributed by atoms with E-state index in [1.165, 1.54) is 20.1 Å². The van der Waals surface area contributed by atoms with Gasteiger partial charge < -0.3 is 5.73 Å². The lowest BCUT2D eigenvalue weighted by atomic mass is 10.1. The van der Waals surface area contributed by atoms with Crippen molar-refractivity contribution in [2.24, 2.45) is 5.73 Å². The summed E-state index contributed by atoms with van der Waals surface area (Å²) in [7, 11) is 0. The average molecular weight is 256 g/mol. The summed E-state index contributed by atoms with van der Waals surface area (Å²) in [6.45, 7) is 0.717. The zero-order valence-electron chi connectivity index (χ0n) is 7.09. The molecule has 0 saturated carbocycles. The topological polar surface area (TPSA) is 26.0 Å². The smallest absolute Gasteiger partial charge is 0.0386 e. The predicted octanol–water partition coefficient (Wildman–Crippen LogP) is 3.17. The van der Waals surface area contributed by atoms with E-state index in [4.69, 9.17) is 5.73 Å². The van der Waals surface area contributed by atoms with Crippen molar-refractivity contribution in [3.63, 3.8) is 0 Å². The van der Waals surface area contributed by atoms with Crippen LogP contribution < -0.4 is 5.73 Å². The second kappa shape index (κ2) is 3.78. The van der Waals surface area contributed by atoms with E-state index in [0.29, 0.717) is 6.54 Å². The molecule has 0 aliphatic rings. The Bertz CT molecular complexity index is 422. The van der Waals surface area contributed by atoms with Gasteiger partial charge in [-0.25, -0.2) is 0 Å².